The Hall–Kier alpha value is -4.51. The minimum absolute atomic E-state index is 0.0322. The Morgan fingerprint density at radius 3 is 1.95 bits per heavy atom. The molecule has 1 unspecified atom stereocenters. The first kappa shape index (κ1) is 25.2. The molecule has 1 amide bonds. The number of rotatable bonds is 7. The fourth-order valence-electron chi connectivity index (χ4n) is 5.07. The van der Waals surface area contributed by atoms with Crippen LogP contribution < -0.4 is 5.56 Å². The molecule has 0 N–H and O–H groups in total. The Morgan fingerprint density at radius 1 is 0.816 bits per heavy atom. The highest BCUT2D eigenvalue weighted by Crippen LogP contribution is 2.31. The quantitative estimate of drug-likeness (QED) is 0.258. The maximum absolute atomic E-state index is 14.3. The van der Waals surface area contributed by atoms with Gasteiger partial charge in [0, 0.05) is 6.54 Å². The standard InChI is InChI=1S/C33H31N3O2/c1-4-35(33(38)30(25-13-7-5-8-14-25)26-15-9-6-10-16-26)24(3)31-34-29-18-12-11-17-28(29)32(37)36(31)27-21-19-23(2)20-22-27/h5-22,24,30H,4H2,1-3H3. The van der Waals surface area contributed by atoms with E-state index in [9.17, 15) is 9.59 Å². The lowest BCUT2D eigenvalue weighted by Gasteiger charge is -2.33. The molecule has 1 aromatic heterocycles. The van der Waals surface area contributed by atoms with Crippen molar-refractivity contribution in [3.05, 3.63) is 142 Å². The fraction of sp³-hybridized carbons (Fsp3) is 0.182. The second-order valence-electron chi connectivity index (χ2n) is 9.52. The summed E-state index contributed by atoms with van der Waals surface area (Å²) in [6.45, 7) is 6.40. The number of amides is 1. The average molecular weight is 502 g/mol. The first-order chi connectivity index (χ1) is 18.5. The van der Waals surface area contributed by atoms with Crippen molar-refractivity contribution < 1.29 is 4.79 Å². The zero-order valence-electron chi connectivity index (χ0n) is 21.9. The number of aryl methyl sites for hydroxylation is 1. The summed E-state index contributed by atoms with van der Waals surface area (Å²) in [5, 5.41) is 0.546. The van der Waals surface area contributed by atoms with Gasteiger partial charge in [0.05, 0.1) is 28.6 Å². The molecule has 1 heterocycles. The van der Waals surface area contributed by atoms with Gasteiger partial charge in [-0.15, -0.1) is 0 Å². The van der Waals surface area contributed by atoms with Crippen LogP contribution in [-0.2, 0) is 4.79 Å². The second kappa shape index (κ2) is 10.9. The van der Waals surface area contributed by atoms with E-state index in [0.717, 1.165) is 22.4 Å². The molecule has 4 aromatic carbocycles. The van der Waals surface area contributed by atoms with E-state index in [1.807, 2.05) is 129 Å². The number of nitrogens with zero attached hydrogens (tertiary/aromatic N) is 3. The van der Waals surface area contributed by atoms with E-state index in [1.54, 1.807) is 10.6 Å². The molecule has 1 atom stereocenters. The summed E-state index contributed by atoms with van der Waals surface area (Å²) < 4.78 is 1.66. The molecule has 0 spiro atoms. The van der Waals surface area contributed by atoms with Crippen LogP contribution in [0, 0.1) is 6.92 Å². The summed E-state index contributed by atoms with van der Waals surface area (Å²) in [7, 11) is 0. The molecule has 0 saturated heterocycles. The predicted molar refractivity (Wildman–Crippen MR) is 153 cm³/mol. The number of aromatic nitrogens is 2. The van der Waals surface area contributed by atoms with Gasteiger partial charge in [0.1, 0.15) is 5.82 Å². The monoisotopic (exact) mass is 501 g/mol. The zero-order chi connectivity index (χ0) is 26.6. The van der Waals surface area contributed by atoms with Crippen molar-refractivity contribution in [3.63, 3.8) is 0 Å². The lowest BCUT2D eigenvalue weighted by atomic mass is 9.89. The number of hydrogen-bond donors (Lipinski definition) is 0. The molecule has 5 rings (SSSR count). The van der Waals surface area contributed by atoms with E-state index in [4.69, 9.17) is 4.98 Å². The minimum atomic E-state index is -0.472. The van der Waals surface area contributed by atoms with Gasteiger partial charge in [-0.25, -0.2) is 4.98 Å². The van der Waals surface area contributed by atoms with Crippen molar-refractivity contribution in [2.24, 2.45) is 0 Å². The van der Waals surface area contributed by atoms with Gasteiger partial charge in [0.15, 0.2) is 0 Å². The molecule has 5 nitrogen and oxygen atoms in total. The lowest BCUT2D eigenvalue weighted by molar-refractivity contribution is -0.134. The Bertz CT molecular complexity index is 1570. The summed E-state index contributed by atoms with van der Waals surface area (Å²) in [6, 6.07) is 34.4. The molecule has 0 aliphatic carbocycles. The van der Waals surface area contributed by atoms with Crippen molar-refractivity contribution in [2.45, 2.75) is 32.7 Å². The predicted octanol–water partition coefficient (Wildman–Crippen LogP) is 6.44. The maximum Gasteiger partial charge on any atom is 0.266 e. The third-order valence-corrected chi connectivity index (χ3v) is 7.07. The molecule has 0 aliphatic rings. The van der Waals surface area contributed by atoms with E-state index in [2.05, 4.69) is 0 Å². The SMILES string of the molecule is CCN(C(=O)C(c1ccccc1)c1ccccc1)C(C)c1nc2ccccc2c(=O)n1-c1ccc(C)cc1. The number of benzene rings is 4. The molecule has 0 fully saturated rings. The average Bonchev–Trinajstić information content (AvgIpc) is 2.95. The van der Waals surface area contributed by atoms with Crippen molar-refractivity contribution in [1.82, 2.24) is 14.5 Å². The van der Waals surface area contributed by atoms with E-state index in [1.165, 1.54) is 0 Å². The highest BCUT2D eigenvalue weighted by atomic mass is 16.2. The Labute approximate surface area is 223 Å². The summed E-state index contributed by atoms with van der Waals surface area (Å²) >= 11 is 0. The van der Waals surface area contributed by atoms with Crippen molar-refractivity contribution >= 4 is 16.8 Å². The molecule has 38 heavy (non-hydrogen) atoms. The van der Waals surface area contributed by atoms with Crippen LogP contribution in [0.4, 0.5) is 0 Å². The van der Waals surface area contributed by atoms with Gasteiger partial charge in [-0.05, 0) is 56.2 Å². The molecular weight excluding hydrogens is 470 g/mol. The van der Waals surface area contributed by atoms with Crippen LogP contribution in [0.15, 0.2) is 114 Å². The van der Waals surface area contributed by atoms with Gasteiger partial charge < -0.3 is 4.90 Å². The van der Waals surface area contributed by atoms with E-state index in [0.29, 0.717) is 23.3 Å². The normalized spacial score (nSPS) is 12.0. The Morgan fingerprint density at radius 2 is 1.37 bits per heavy atom. The van der Waals surface area contributed by atoms with Crippen LogP contribution in [0.25, 0.3) is 16.6 Å². The smallest absolute Gasteiger partial charge is 0.266 e. The summed E-state index contributed by atoms with van der Waals surface area (Å²) in [4.78, 5) is 34.9. The van der Waals surface area contributed by atoms with E-state index >= 15 is 0 Å². The zero-order valence-corrected chi connectivity index (χ0v) is 21.9. The molecule has 5 heteroatoms. The maximum atomic E-state index is 14.3. The van der Waals surface area contributed by atoms with Crippen LogP contribution in [0.5, 0.6) is 0 Å². The highest BCUT2D eigenvalue weighted by molar-refractivity contribution is 5.87. The number of carbonyl (C=O) groups is 1. The highest BCUT2D eigenvalue weighted by Gasteiger charge is 2.32. The van der Waals surface area contributed by atoms with Crippen LogP contribution in [0.3, 0.4) is 0 Å². The molecule has 5 aromatic rings. The van der Waals surface area contributed by atoms with Gasteiger partial charge in [-0.2, -0.15) is 0 Å². The Balaban J connectivity index is 1.66. The number of fused-ring (bicyclic) bond motifs is 1. The van der Waals surface area contributed by atoms with Crippen LogP contribution in [-0.4, -0.2) is 26.9 Å². The topological polar surface area (TPSA) is 55.2 Å². The third kappa shape index (κ3) is 4.75. The Kier molecular flexibility index (Phi) is 7.18. The molecular formula is C33H31N3O2. The molecule has 0 aliphatic heterocycles. The number of likely N-dealkylation sites (N-methyl/N-ethyl adjacent to an activating group) is 1. The number of hydrogen-bond acceptors (Lipinski definition) is 3. The van der Waals surface area contributed by atoms with E-state index in [-0.39, 0.29) is 11.5 Å². The van der Waals surface area contributed by atoms with Crippen molar-refractivity contribution in [1.29, 1.82) is 0 Å². The summed E-state index contributed by atoms with van der Waals surface area (Å²) in [5.41, 5.74) is 4.16. The fourth-order valence-corrected chi connectivity index (χ4v) is 5.07. The molecule has 0 bridgehead atoms. The van der Waals surface area contributed by atoms with Gasteiger partial charge in [-0.1, -0.05) is 90.5 Å². The number of carbonyl (C=O) groups excluding carboxylic acids is 1. The van der Waals surface area contributed by atoms with Gasteiger partial charge in [0.25, 0.3) is 5.56 Å². The van der Waals surface area contributed by atoms with Crippen LogP contribution in [0.1, 0.15) is 48.3 Å². The molecule has 0 radical (unpaired) electrons. The molecule has 190 valence electrons. The first-order valence-electron chi connectivity index (χ1n) is 13.0. The van der Waals surface area contributed by atoms with Crippen LogP contribution in [0.2, 0.25) is 0 Å². The van der Waals surface area contributed by atoms with Gasteiger partial charge in [-0.3, -0.25) is 14.2 Å². The second-order valence-corrected chi connectivity index (χ2v) is 9.52. The third-order valence-electron chi connectivity index (χ3n) is 7.07. The van der Waals surface area contributed by atoms with E-state index < -0.39 is 12.0 Å². The van der Waals surface area contributed by atoms with Crippen LogP contribution >= 0.6 is 0 Å². The number of para-hydroxylation sites is 1. The minimum Gasteiger partial charge on any atom is -0.332 e. The largest absolute Gasteiger partial charge is 0.332 e. The first-order valence-corrected chi connectivity index (χ1v) is 13.0. The van der Waals surface area contributed by atoms with Gasteiger partial charge >= 0.3 is 0 Å². The van der Waals surface area contributed by atoms with Crippen molar-refractivity contribution in [3.8, 4) is 5.69 Å². The lowest BCUT2D eigenvalue weighted by Crippen LogP contribution is -2.40. The molecule has 0 saturated carbocycles. The van der Waals surface area contributed by atoms with Crippen molar-refractivity contribution in [2.75, 3.05) is 6.54 Å². The summed E-state index contributed by atoms with van der Waals surface area (Å²) in [6.07, 6.45) is 0. The van der Waals surface area contributed by atoms with Gasteiger partial charge in [0.2, 0.25) is 5.91 Å². The summed E-state index contributed by atoms with van der Waals surface area (Å²) in [5.74, 6) is 0.0303.